The smallest absolute Gasteiger partial charge is 0.323 e. The maximum absolute atomic E-state index is 12.3. The van der Waals surface area contributed by atoms with Gasteiger partial charge in [-0.05, 0) is 61.4 Å². The lowest BCUT2D eigenvalue weighted by Gasteiger charge is -2.11. The predicted octanol–water partition coefficient (Wildman–Crippen LogP) is 6.55. The Hall–Kier alpha value is -4.53. The quantitative estimate of drug-likeness (QED) is 0.216. The summed E-state index contributed by atoms with van der Waals surface area (Å²) >= 11 is 0. The van der Waals surface area contributed by atoms with E-state index in [-0.39, 0.29) is 19.1 Å². The van der Waals surface area contributed by atoms with E-state index in [0.717, 1.165) is 11.3 Å². The minimum Gasteiger partial charge on any atom is -0.494 e. The minimum atomic E-state index is -0.870. The summed E-state index contributed by atoms with van der Waals surface area (Å²) in [5.41, 5.74) is 3.33. The molecule has 0 aliphatic rings. The highest BCUT2D eigenvalue weighted by molar-refractivity contribution is 6.01. The van der Waals surface area contributed by atoms with Crippen LogP contribution in [0.15, 0.2) is 72.8 Å². The third kappa shape index (κ3) is 9.76. The van der Waals surface area contributed by atoms with Gasteiger partial charge < -0.3 is 31.1 Å². The molecule has 0 radical (unpaired) electrons. The summed E-state index contributed by atoms with van der Waals surface area (Å²) in [5.74, 6) is -0.340. The van der Waals surface area contributed by atoms with E-state index < -0.39 is 12.0 Å². The summed E-state index contributed by atoms with van der Waals surface area (Å²) < 4.78 is 5.51. The number of benzene rings is 3. The fourth-order valence-corrected chi connectivity index (χ4v) is 3.01. The van der Waals surface area contributed by atoms with Gasteiger partial charge in [-0.1, -0.05) is 38.1 Å². The standard InChI is InChI=1S/C25H26N4O5.C2H6/c1-17-6-2-3-9-22(17)29-25(33)27-19-13-11-18(12-14-19)26-24(32)28-20-7-4-8-21(16-20)34-15-5-10-23(30)31;1-2/h2-4,6-9,11-14,16H,5,10,15H2,1H3,(H,30,31)(H2,26,28,32)(H2,27,29,33);1-2H3. The molecule has 9 nitrogen and oxygen atoms in total. The lowest BCUT2D eigenvalue weighted by Crippen LogP contribution is -2.20. The number of carboxylic acids is 1. The normalized spacial score (nSPS) is 9.75. The molecule has 190 valence electrons. The second-order valence-electron chi connectivity index (χ2n) is 7.42. The van der Waals surface area contributed by atoms with E-state index in [2.05, 4.69) is 21.3 Å². The fourth-order valence-electron chi connectivity index (χ4n) is 3.01. The first-order valence-electron chi connectivity index (χ1n) is 11.7. The highest BCUT2D eigenvalue weighted by Gasteiger charge is 2.07. The van der Waals surface area contributed by atoms with Crippen molar-refractivity contribution >= 4 is 40.8 Å². The average Bonchev–Trinajstić information content (AvgIpc) is 2.86. The minimum absolute atomic E-state index is 0.0338. The number of ether oxygens (including phenoxy) is 1. The Balaban J connectivity index is 0.00000222. The number of carbonyl (C=O) groups excluding carboxylic acids is 2. The lowest BCUT2D eigenvalue weighted by molar-refractivity contribution is -0.137. The van der Waals surface area contributed by atoms with Gasteiger partial charge in [0.25, 0.3) is 0 Å². The number of amides is 4. The first kappa shape index (κ1) is 27.7. The number of carboxylic acid groups (broad SMARTS) is 1. The molecular formula is C27H32N4O5. The van der Waals surface area contributed by atoms with Crippen molar-refractivity contribution in [1.82, 2.24) is 0 Å². The van der Waals surface area contributed by atoms with Crippen molar-refractivity contribution in [1.29, 1.82) is 0 Å². The number of hydrogen-bond acceptors (Lipinski definition) is 4. The maximum atomic E-state index is 12.3. The summed E-state index contributed by atoms with van der Waals surface area (Å²) in [6.07, 6.45) is 0.428. The zero-order chi connectivity index (χ0) is 26.3. The van der Waals surface area contributed by atoms with Crippen LogP contribution in [0.25, 0.3) is 0 Å². The highest BCUT2D eigenvalue weighted by Crippen LogP contribution is 2.19. The molecule has 0 saturated carbocycles. The second kappa shape index (κ2) is 14.7. The summed E-state index contributed by atoms with van der Waals surface area (Å²) in [6, 6.07) is 20.2. The summed E-state index contributed by atoms with van der Waals surface area (Å²) in [7, 11) is 0. The fraction of sp³-hybridized carbons (Fsp3) is 0.222. The van der Waals surface area contributed by atoms with Crippen LogP contribution in [0.2, 0.25) is 0 Å². The van der Waals surface area contributed by atoms with Crippen LogP contribution in [-0.4, -0.2) is 29.7 Å². The van der Waals surface area contributed by atoms with E-state index in [1.807, 2.05) is 45.0 Å². The summed E-state index contributed by atoms with van der Waals surface area (Å²) in [5, 5.41) is 19.6. The van der Waals surface area contributed by atoms with Crippen molar-refractivity contribution < 1.29 is 24.2 Å². The van der Waals surface area contributed by atoms with E-state index in [1.54, 1.807) is 48.5 Å². The zero-order valence-corrected chi connectivity index (χ0v) is 20.6. The number of rotatable bonds is 9. The third-order valence-electron chi connectivity index (χ3n) is 4.69. The van der Waals surface area contributed by atoms with E-state index in [1.165, 1.54) is 0 Å². The van der Waals surface area contributed by atoms with Gasteiger partial charge in [-0.15, -0.1) is 0 Å². The molecule has 9 heteroatoms. The number of urea groups is 2. The van der Waals surface area contributed by atoms with Crippen LogP contribution in [-0.2, 0) is 4.79 Å². The highest BCUT2D eigenvalue weighted by atomic mass is 16.5. The molecule has 0 fully saturated rings. The molecule has 0 aromatic heterocycles. The number of aryl methyl sites for hydroxylation is 1. The topological polar surface area (TPSA) is 129 Å². The molecule has 0 heterocycles. The van der Waals surface area contributed by atoms with Gasteiger partial charge in [0, 0.05) is 35.2 Å². The molecule has 0 unspecified atom stereocenters. The molecule has 0 atom stereocenters. The molecule has 0 saturated heterocycles. The van der Waals surface area contributed by atoms with Crippen LogP contribution in [0.5, 0.6) is 5.75 Å². The predicted molar refractivity (Wildman–Crippen MR) is 143 cm³/mol. The first-order valence-corrected chi connectivity index (χ1v) is 11.7. The number of carbonyl (C=O) groups is 3. The van der Waals surface area contributed by atoms with Crippen molar-refractivity contribution in [2.24, 2.45) is 0 Å². The Morgan fingerprint density at radius 2 is 1.33 bits per heavy atom. The van der Waals surface area contributed by atoms with E-state index in [9.17, 15) is 14.4 Å². The summed E-state index contributed by atoms with van der Waals surface area (Å²) in [6.45, 7) is 6.18. The molecule has 3 rings (SSSR count). The molecular weight excluding hydrogens is 460 g/mol. The molecule has 0 bridgehead atoms. The Kier molecular flexibility index (Phi) is 11.3. The van der Waals surface area contributed by atoms with Gasteiger partial charge >= 0.3 is 18.0 Å². The van der Waals surface area contributed by atoms with Crippen LogP contribution in [0, 0.1) is 6.92 Å². The van der Waals surface area contributed by atoms with Crippen LogP contribution >= 0.6 is 0 Å². The molecule has 3 aromatic carbocycles. The van der Waals surface area contributed by atoms with Gasteiger partial charge in [0.2, 0.25) is 0 Å². The van der Waals surface area contributed by atoms with E-state index in [0.29, 0.717) is 29.2 Å². The second-order valence-corrected chi connectivity index (χ2v) is 7.42. The van der Waals surface area contributed by atoms with Crippen LogP contribution < -0.4 is 26.0 Å². The average molecular weight is 493 g/mol. The maximum Gasteiger partial charge on any atom is 0.323 e. The van der Waals surface area contributed by atoms with Crippen molar-refractivity contribution in [2.75, 3.05) is 27.9 Å². The SMILES string of the molecule is CC.Cc1ccccc1NC(=O)Nc1ccc(NC(=O)Nc2cccc(OCCCC(=O)O)c2)cc1. The molecule has 3 aromatic rings. The molecule has 0 spiro atoms. The van der Waals surface area contributed by atoms with Gasteiger partial charge in [0.15, 0.2) is 0 Å². The molecule has 4 amide bonds. The van der Waals surface area contributed by atoms with Crippen molar-refractivity contribution in [3.05, 3.63) is 78.4 Å². The Morgan fingerprint density at radius 3 is 1.94 bits per heavy atom. The number of hydrogen-bond donors (Lipinski definition) is 5. The van der Waals surface area contributed by atoms with Gasteiger partial charge in [0.05, 0.1) is 6.61 Å². The van der Waals surface area contributed by atoms with Gasteiger partial charge in [0.1, 0.15) is 5.75 Å². The number of aliphatic carboxylic acids is 1. The van der Waals surface area contributed by atoms with Crippen LogP contribution in [0.3, 0.4) is 0 Å². The van der Waals surface area contributed by atoms with Gasteiger partial charge in [-0.25, -0.2) is 9.59 Å². The van der Waals surface area contributed by atoms with Crippen molar-refractivity contribution in [3.8, 4) is 5.75 Å². The van der Waals surface area contributed by atoms with Crippen molar-refractivity contribution in [2.45, 2.75) is 33.6 Å². The number of nitrogens with one attached hydrogen (secondary N) is 4. The lowest BCUT2D eigenvalue weighted by atomic mass is 10.2. The monoisotopic (exact) mass is 492 g/mol. The van der Waals surface area contributed by atoms with E-state index in [4.69, 9.17) is 9.84 Å². The largest absolute Gasteiger partial charge is 0.494 e. The van der Waals surface area contributed by atoms with Crippen LogP contribution in [0.1, 0.15) is 32.3 Å². The van der Waals surface area contributed by atoms with Crippen molar-refractivity contribution in [3.63, 3.8) is 0 Å². The molecule has 0 aliphatic heterocycles. The zero-order valence-electron chi connectivity index (χ0n) is 20.6. The molecule has 0 aliphatic carbocycles. The Bertz CT molecular complexity index is 1150. The molecule has 5 N–H and O–H groups in total. The number of para-hydroxylation sites is 1. The third-order valence-corrected chi connectivity index (χ3v) is 4.69. The molecule has 36 heavy (non-hydrogen) atoms. The number of anilines is 4. The van der Waals surface area contributed by atoms with Gasteiger partial charge in [-0.2, -0.15) is 0 Å². The van der Waals surface area contributed by atoms with E-state index >= 15 is 0 Å². The van der Waals surface area contributed by atoms with Crippen LogP contribution in [0.4, 0.5) is 32.3 Å². The Labute approximate surface area is 210 Å². The summed E-state index contributed by atoms with van der Waals surface area (Å²) in [4.78, 5) is 35.1. The van der Waals surface area contributed by atoms with Gasteiger partial charge in [-0.3, -0.25) is 4.79 Å². The Morgan fingerprint density at radius 1 is 0.750 bits per heavy atom. The first-order chi connectivity index (χ1) is 17.4.